The summed E-state index contributed by atoms with van der Waals surface area (Å²) in [4.78, 5) is 26.4. The van der Waals surface area contributed by atoms with E-state index in [1.165, 1.54) is 9.21 Å². The summed E-state index contributed by atoms with van der Waals surface area (Å²) in [5.74, 6) is -0.350. The number of allylic oxidation sites excluding steroid dienone is 2. The molecule has 0 bridgehead atoms. The Bertz CT molecular complexity index is 835. The van der Waals surface area contributed by atoms with Crippen LogP contribution in [0.4, 0.5) is 0 Å². The highest BCUT2D eigenvalue weighted by Crippen LogP contribution is 2.37. The van der Waals surface area contributed by atoms with Gasteiger partial charge in [0.05, 0.1) is 23.6 Å². The number of hydrogen-bond acceptors (Lipinski definition) is 5. The number of benzene rings is 1. The fourth-order valence-corrected chi connectivity index (χ4v) is 5.25. The van der Waals surface area contributed by atoms with Crippen LogP contribution in [0.1, 0.15) is 12.8 Å². The number of rotatable bonds is 6. The number of nitrogens with zero attached hydrogens (tertiary/aromatic N) is 2. The fourth-order valence-electron chi connectivity index (χ4n) is 3.90. The molecule has 1 aromatic carbocycles. The lowest BCUT2D eigenvalue weighted by Gasteiger charge is -2.42. The van der Waals surface area contributed by atoms with Crippen LogP contribution in [0.25, 0.3) is 0 Å². The van der Waals surface area contributed by atoms with Gasteiger partial charge in [0, 0.05) is 13.1 Å². The van der Waals surface area contributed by atoms with Gasteiger partial charge in [0.25, 0.3) is 0 Å². The van der Waals surface area contributed by atoms with Crippen molar-refractivity contribution in [2.75, 3.05) is 25.4 Å². The van der Waals surface area contributed by atoms with E-state index in [4.69, 9.17) is 4.74 Å². The van der Waals surface area contributed by atoms with Gasteiger partial charge in [0.2, 0.25) is 21.8 Å². The number of carbonyl (C=O) groups excluding carboxylic acids is 2. The van der Waals surface area contributed by atoms with Crippen LogP contribution in [-0.4, -0.2) is 60.9 Å². The Morgan fingerprint density at radius 2 is 1.56 bits per heavy atom. The second kappa shape index (κ2) is 7.09. The summed E-state index contributed by atoms with van der Waals surface area (Å²) >= 11 is 0. The molecule has 0 spiro atoms. The van der Waals surface area contributed by atoms with E-state index in [0.717, 1.165) is 0 Å². The monoisotopic (exact) mass is 390 g/mol. The van der Waals surface area contributed by atoms with Gasteiger partial charge in [0.1, 0.15) is 12.4 Å². The first-order valence-corrected chi connectivity index (χ1v) is 10.8. The molecule has 2 amide bonds. The molecule has 8 heteroatoms. The molecule has 1 aliphatic carbocycles. The average molecular weight is 390 g/mol. The van der Waals surface area contributed by atoms with Gasteiger partial charge in [-0.3, -0.25) is 14.5 Å². The summed E-state index contributed by atoms with van der Waals surface area (Å²) in [6.07, 6.45) is 5.08. The Hall–Kier alpha value is -2.19. The number of likely N-dealkylation sites (tertiary alicyclic amines) is 1. The number of hydrogen-bond donors (Lipinski definition) is 0. The zero-order valence-electron chi connectivity index (χ0n) is 14.9. The van der Waals surface area contributed by atoms with Crippen LogP contribution in [0.2, 0.25) is 0 Å². The van der Waals surface area contributed by atoms with Crippen LogP contribution >= 0.6 is 0 Å². The molecule has 27 heavy (non-hydrogen) atoms. The van der Waals surface area contributed by atoms with Crippen LogP contribution in [0.15, 0.2) is 42.5 Å². The number of fused-ring (bicyclic) bond motifs is 1. The third-order valence-electron chi connectivity index (χ3n) is 5.48. The molecule has 4 rings (SSSR count). The average Bonchev–Trinajstić information content (AvgIpc) is 2.87. The highest BCUT2D eigenvalue weighted by molar-refractivity contribution is 7.89. The predicted molar refractivity (Wildman–Crippen MR) is 98.3 cm³/mol. The molecule has 0 saturated carbocycles. The minimum Gasteiger partial charge on any atom is -0.492 e. The van der Waals surface area contributed by atoms with E-state index in [1.807, 2.05) is 30.4 Å². The summed E-state index contributed by atoms with van der Waals surface area (Å²) < 4.78 is 31.6. The van der Waals surface area contributed by atoms with Crippen LogP contribution < -0.4 is 4.74 Å². The van der Waals surface area contributed by atoms with E-state index in [1.54, 1.807) is 12.1 Å². The van der Waals surface area contributed by atoms with Gasteiger partial charge in [0.15, 0.2) is 0 Å². The van der Waals surface area contributed by atoms with Gasteiger partial charge >= 0.3 is 0 Å². The van der Waals surface area contributed by atoms with Crippen molar-refractivity contribution in [1.29, 1.82) is 0 Å². The summed E-state index contributed by atoms with van der Waals surface area (Å²) in [5.41, 5.74) is 0. The molecule has 0 N–H and O–H groups in total. The zero-order valence-corrected chi connectivity index (χ0v) is 15.7. The lowest BCUT2D eigenvalue weighted by molar-refractivity contribution is -0.145. The molecular weight excluding hydrogens is 368 g/mol. The van der Waals surface area contributed by atoms with Crippen LogP contribution in [-0.2, 0) is 19.6 Å². The smallest absolute Gasteiger partial charge is 0.233 e. The zero-order chi connectivity index (χ0) is 19.0. The number of para-hydroxylation sites is 1. The van der Waals surface area contributed by atoms with Crippen molar-refractivity contribution >= 4 is 21.8 Å². The maximum absolute atomic E-state index is 12.6. The molecular formula is C19H22N2O5S. The van der Waals surface area contributed by atoms with E-state index < -0.39 is 10.0 Å². The highest BCUT2D eigenvalue weighted by atomic mass is 32.2. The number of sulfonamides is 1. The fraction of sp³-hybridized carbons (Fsp3) is 0.474. The molecule has 144 valence electrons. The summed E-state index contributed by atoms with van der Waals surface area (Å²) in [7, 11) is -3.47. The third kappa shape index (κ3) is 3.39. The molecule has 0 radical (unpaired) electrons. The van der Waals surface area contributed by atoms with Gasteiger partial charge in [-0.15, -0.1) is 0 Å². The molecule has 2 fully saturated rings. The Morgan fingerprint density at radius 3 is 2.15 bits per heavy atom. The highest BCUT2D eigenvalue weighted by Gasteiger charge is 2.53. The standard InChI is InChI=1S/C19H22N2O5S/c22-18-16-8-4-5-9-17(16)19(23)21(18)14-12-20(13-14)27(24,25)11-10-26-15-6-2-1-3-7-15/h1-7,14,16-17H,8-13H2/t16-,17+. The van der Waals surface area contributed by atoms with Gasteiger partial charge < -0.3 is 4.74 Å². The van der Waals surface area contributed by atoms with Crippen LogP contribution in [0.5, 0.6) is 5.75 Å². The van der Waals surface area contributed by atoms with Crippen molar-refractivity contribution in [2.24, 2.45) is 11.8 Å². The molecule has 2 heterocycles. The van der Waals surface area contributed by atoms with Crippen LogP contribution in [0.3, 0.4) is 0 Å². The molecule has 1 aromatic rings. The maximum atomic E-state index is 12.6. The third-order valence-corrected chi connectivity index (χ3v) is 7.25. The molecule has 0 aromatic heterocycles. The quantitative estimate of drug-likeness (QED) is 0.535. The Labute approximate surface area is 158 Å². The predicted octanol–water partition coefficient (Wildman–Crippen LogP) is 1.03. The summed E-state index contributed by atoms with van der Waals surface area (Å²) in [6.45, 7) is 0.418. The van der Waals surface area contributed by atoms with Crippen molar-refractivity contribution in [1.82, 2.24) is 9.21 Å². The first-order chi connectivity index (χ1) is 13.0. The number of amides is 2. The Morgan fingerprint density at radius 1 is 0.963 bits per heavy atom. The number of carbonyl (C=O) groups is 2. The molecule has 2 saturated heterocycles. The minimum absolute atomic E-state index is 0.0604. The van der Waals surface area contributed by atoms with Crippen molar-refractivity contribution in [3.8, 4) is 5.75 Å². The molecule has 2 aliphatic heterocycles. The summed E-state index contributed by atoms with van der Waals surface area (Å²) in [5, 5.41) is 0. The second-order valence-corrected chi connectivity index (χ2v) is 9.24. The maximum Gasteiger partial charge on any atom is 0.233 e. The Kier molecular flexibility index (Phi) is 4.77. The van der Waals surface area contributed by atoms with Crippen LogP contribution in [0, 0.1) is 11.8 Å². The van der Waals surface area contributed by atoms with E-state index in [9.17, 15) is 18.0 Å². The lowest BCUT2D eigenvalue weighted by atomic mass is 9.85. The van der Waals surface area contributed by atoms with E-state index in [0.29, 0.717) is 18.6 Å². The van der Waals surface area contributed by atoms with E-state index >= 15 is 0 Å². The topological polar surface area (TPSA) is 84.0 Å². The van der Waals surface area contributed by atoms with Gasteiger partial charge in [-0.25, -0.2) is 8.42 Å². The summed E-state index contributed by atoms with van der Waals surface area (Å²) in [6, 6.07) is 8.69. The Balaban J connectivity index is 1.31. The molecule has 3 aliphatic rings. The largest absolute Gasteiger partial charge is 0.492 e. The minimum atomic E-state index is -3.47. The van der Waals surface area contributed by atoms with Crippen molar-refractivity contribution in [3.05, 3.63) is 42.5 Å². The molecule has 0 unspecified atom stereocenters. The molecule has 2 atom stereocenters. The first-order valence-electron chi connectivity index (χ1n) is 9.15. The van der Waals surface area contributed by atoms with Crippen molar-refractivity contribution in [3.63, 3.8) is 0 Å². The van der Waals surface area contributed by atoms with E-state index in [-0.39, 0.29) is 55.1 Å². The van der Waals surface area contributed by atoms with E-state index in [2.05, 4.69) is 0 Å². The number of ether oxygens (including phenoxy) is 1. The SMILES string of the molecule is O=C1[C@H]2CC=CC[C@H]2C(=O)N1C1CN(S(=O)(=O)CCOc2ccccc2)C1. The normalized spacial score (nSPS) is 26.1. The lowest BCUT2D eigenvalue weighted by Crippen LogP contribution is -2.62. The van der Waals surface area contributed by atoms with Gasteiger partial charge in [-0.1, -0.05) is 30.4 Å². The molecule has 7 nitrogen and oxygen atoms in total. The van der Waals surface area contributed by atoms with Gasteiger partial charge in [-0.05, 0) is 25.0 Å². The number of imide groups is 1. The first kappa shape index (κ1) is 18.2. The second-order valence-electron chi connectivity index (χ2n) is 7.15. The van der Waals surface area contributed by atoms with Crippen molar-refractivity contribution in [2.45, 2.75) is 18.9 Å². The van der Waals surface area contributed by atoms with Gasteiger partial charge in [-0.2, -0.15) is 4.31 Å². The van der Waals surface area contributed by atoms with Crippen molar-refractivity contribution < 1.29 is 22.7 Å².